The topological polar surface area (TPSA) is 9.23 Å². The van der Waals surface area contributed by atoms with Crippen LogP contribution in [0.2, 0.25) is 0 Å². The van der Waals surface area contributed by atoms with Crippen molar-refractivity contribution in [2.75, 3.05) is 0 Å². The summed E-state index contributed by atoms with van der Waals surface area (Å²) in [7, 11) is 0. The number of hydrogen-bond donors (Lipinski definition) is 0. The van der Waals surface area contributed by atoms with Gasteiger partial charge in [0.15, 0.2) is 0 Å². The number of rotatable bonds is 2. The van der Waals surface area contributed by atoms with E-state index in [9.17, 15) is 0 Å². The Morgan fingerprint density at radius 1 is 0.750 bits per heavy atom. The monoisotopic (exact) mass is 268 g/mol. The van der Waals surface area contributed by atoms with Crippen LogP contribution < -0.4 is 4.74 Å². The molecule has 20 heavy (non-hydrogen) atoms. The quantitative estimate of drug-likeness (QED) is 0.678. The van der Waals surface area contributed by atoms with Crippen molar-refractivity contribution >= 4 is 0 Å². The number of hydrogen-bond acceptors (Lipinski definition) is 1. The zero-order valence-corrected chi connectivity index (χ0v) is 13.4. The van der Waals surface area contributed by atoms with E-state index in [0.717, 1.165) is 11.5 Å². The van der Waals surface area contributed by atoms with Crippen molar-refractivity contribution < 1.29 is 4.74 Å². The van der Waals surface area contributed by atoms with E-state index in [1.165, 1.54) is 22.3 Å². The molecule has 0 heterocycles. The van der Waals surface area contributed by atoms with E-state index in [1.54, 1.807) is 0 Å². The van der Waals surface area contributed by atoms with Crippen molar-refractivity contribution in [1.29, 1.82) is 0 Å². The Kier molecular flexibility index (Phi) is 3.89. The Bertz CT molecular complexity index is 578. The molecule has 0 saturated carbocycles. The van der Waals surface area contributed by atoms with Crippen LogP contribution in [0.4, 0.5) is 0 Å². The van der Waals surface area contributed by atoms with Gasteiger partial charge in [0.05, 0.1) is 0 Å². The molecule has 106 valence electrons. The van der Waals surface area contributed by atoms with Crippen LogP contribution in [0.15, 0.2) is 36.4 Å². The third-order valence-corrected chi connectivity index (χ3v) is 3.86. The average molecular weight is 268 g/mol. The fourth-order valence-electron chi connectivity index (χ4n) is 2.21. The van der Waals surface area contributed by atoms with Crippen molar-refractivity contribution in [3.63, 3.8) is 0 Å². The van der Waals surface area contributed by atoms with Gasteiger partial charge in [0.1, 0.15) is 11.5 Å². The standard InChI is InChI=1S/C19H24O/c1-13-11-18(12-14(2)15(13)3)20-17-9-7-16(8-10-17)19(4,5)6/h7-12H,1-6H3. The lowest BCUT2D eigenvalue weighted by Gasteiger charge is -2.19. The fraction of sp³-hybridized carbons (Fsp3) is 0.368. The molecule has 0 fully saturated rings. The van der Waals surface area contributed by atoms with Gasteiger partial charge in [-0.15, -0.1) is 0 Å². The highest BCUT2D eigenvalue weighted by Gasteiger charge is 2.13. The summed E-state index contributed by atoms with van der Waals surface area (Å²) in [6.07, 6.45) is 0. The van der Waals surface area contributed by atoms with Gasteiger partial charge >= 0.3 is 0 Å². The molecular weight excluding hydrogens is 244 g/mol. The van der Waals surface area contributed by atoms with E-state index in [2.05, 4.69) is 65.8 Å². The van der Waals surface area contributed by atoms with E-state index in [4.69, 9.17) is 4.74 Å². The highest BCUT2D eigenvalue weighted by Crippen LogP contribution is 2.28. The first kappa shape index (κ1) is 14.6. The molecule has 1 nitrogen and oxygen atoms in total. The zero-order valence-electron chi connectivity index (χ0n) is 13.4. The van der Waals surface area contributed by atoms with Crippen LogP contribution >= 0.6 is 0 Å². The molecule has 0 atom stereocenters. The van der Waals surface area contributed by atoms with Crippen molar-refractivity contribution in [2.24, 2.45) is 0 Å². The van der Waals surface area contributed by atoms with Gasteiger partial charge in [-0.05, 0) is 72.7 Å². The summed E-state index contributed by atoms with van der Waals surface area (Å²) in [6.45, 7) is 13.0. The predicted octanol–water partition coefficient (Wildman–Crippen LogP) is 5.70. The van der Waals surface area contributed by atoms with Crippen molar-refractivity contribution in [2.45, 2.75) is 47.0 Å². The summed E-state index contributed by atoms with van der Waals surface area (Å²) in [5.74, 6) is 1.80. The van der Waals surface area contributed by atoms with Crippen LogP contribution in [0.25, 0.3) is 0 Å². The lowest BCUT2D eigenvalue weighted by atomic mass is 9.87. The van der Waals surface area contributed by atoms with Gasteiger partial charge in [-0.2, -0.15) is 0 Å². The van der Waals surface area contributed by atoms with Crippen molar-refractivity contribution in [1.82, 2.24) is 0 Å². The average Bonchev–Trinajstić information content (AvgIpc) is 2.35. The molecule has 0 aliphatic carbocycles. The minimum Gasteiger partial charge on any atom is -0.457 e. The Morgan fingerprint density at radius 3 is 1.70 bits per heavy atom. The van der Waals surface area contributed by atoms with Crippen LogP contribution in [-0.2, 0) is 5.41 Å². The SMILES string of the molecule is Cc1cc(Oc2ccc(C(C)(C)C)cc2)cc(C)c1C. The van der Waals surface area contributed by atoms with E-state index in [1.807, 2.05) is 12.1 Å². The maximum Gasteiger partial charge on any atom is 0.127 e. The summed E-state index contributed by atoms with van der Waals surface area (Å²) in [5, 5.41) is 0. The second-order valence-electron chi connectivity index (χ2n) is 6.56. The van der Waals surface area contributed by atoms with E-state index in [-0.39, 0.29) is 5.41 Å². The van der Waals surface area contributed by atoms with Gasteiger partial charge < -0.3 is 4.74 Å². The maximum atomic E-state index is 5.96. The number of ether oxygens (including phenoxy) is 1. The summed E-state index contributed by atoms with van der Waals surface area (Å²) >= 11 is 0. The van der Waals surface area contributed by atoms with E-state index in [0.29, 0.717) is 0 Å². The van der Waals surface area contributed by atoms with Gasteiger partial charge in [0.2, 0.25) is 0 Å². The molecule has 0 aromatic heterocycles. The minimum atomic E-state index is 0.176. The second-order valence-corrected chi connectivity index (χ2v) is 6.56. The molecule has 0 radical (unpaired) electrons. The first-order valence-corrected chi connectivity index (χ1v) is 7.13. The van der Waals surface area contributed by atoms with Crippen LogP contribution in [0, 0.1) is 20.8 Å². The Hall–Kier alpha value is -1.76. The molecule has 0 aliphatic rings. The smallest absolute Gasteiger partial charge is 0.127 e. The largest absolute Gasteiger partial charge is 0.457 e. The molecule has 0 aliphatic heterocycles. The van der Waals surface area contributed by atoms with Crippen LogP contribution in [-0.4, -0.2) is 0 Å². The van der Waals surface area contributed by atoms with Gasteiger partial charge in [0, 0.05) is 0 Å². The van der Waals surface area contributed by atoms with Gasteiger partial charge in [-0.3, -0.25) is 0 Å². The van der Waals surface area contributed by atoms with Crippen LogP contribution in [0.1, 0.15) is 43.0 Å². The third kappa shape index (κ3) is 3.22. The van der Waals surface area contributed by atoms with E-state index < -0.39 is 0 Å². The highest BCUT2D eigenvalue weighted by molar-refractivity contribution is 5.42. The van der Waals surface area contributed by atoms with Crippen molar-refractivity contribution in [3.8, 4) is 11.5 Å². The molecule has 0 bridgehead atoms. The highest BCUT2D eigenvalue weighted by atomic mass is 16.5. The molecule has 2 rings (SSSR count). The second kappa shape index (κ2) is 5.32. The van der Waals surface area contributed by atoms with Crippen molar-refractivity contribution in [3.05, 3.63) is 58.7 Å². The summed E-state index contributed by atoms with van der Waals surface area (Å²) in [6, 6.07) is 12.6. The fourth-order valence-corrected chi connectivity index (χ4v) is 2.21. The Morgan fingerprint density at radius 2 is 1.25 bits per heavy atom. The third-order valence-electron chi connectivity index (χ3n) is 3.86. The molecule has 0 saturated heterocycles. The lowest BCUT2D eigenvalue weighted by molar-refractivity contribution is 0.480. The van der Waals surface area contributed by atoms with Crippen LogP contribution in [0.3, 0.4) is 0 Å². The molecule has 0 N–H and O–H groups in total. The molecule has 0 unspecified atom stereocenters. The summed E-state index contributed by atoms with van der Waals surface area (Å²) < 4.78 is 5.96. The lowest BCUT2D eigenvalue weighted by Crippen LogP contribution is -2.10. The zero-order chi connectivity index (χ0) is 14.9. The first-order valence-electron chi connectivity index (χ1n) is 7.13. The van der Waals surface area contributed by atoms with Gasteiger partial charge in [-0.25, -0.2) is 0 Å². The Balaban J connectivity index is 2.23. The van der Waals surface area contributed by atoms with Gasteiger partial charge in [0.25, 0.3) is 0 Å². The predicted molar refractivity (Wildman–Crippen MR) is 85.9 cm³/mol. The van der Waals surface area contributed by atoms with Crippen LogP contribution in [0.5, 0.6) is 11.5 Å². The molecular formula is C19H24O. The minimum absolute atomic E-state index is 0.176. The van der Waals surface area contributed by atoms with Gasteiger partial charge in [-0.1, -0.05) is 32.9 Å². The number of aryl methyl sites for hydroxylation is 2. The summed E-state index contributed by atoms with van der Waals surface area (Å²) in [4.78, 5) is 0. The first-order chi connectivity index (χ1) is 9.27. The number of benzene rings is 2. The molecule has 2 aromatic carbocycles. The molecule has 0 amide bonds. The summed E-state index contributed by atoms with van der Waals surface area (Å²) in [5.41, 5.74) is 5.37. The Labute approximate surface area is 122 Å². The normalized spacial score (nSPS) is 11.5. The molecule has 0 spiro atoms. The molecule has 1 heteroatoms. The maximum absolute atomic E-state index is 5.96. The van der Waals surface area contributed by atoms with E-state index >= 15 is 0 Å². The molecule has 2 aromatic rings.